The minimum atomic E-state index is -1.66. The number of halogens is 1. The summed E-state index contributed by atoms with van der Waals surface area (Å²) < 4.78 is 23.3. The first kappa shape index (κ1) is 22.8. The van der Waals surface area contributed by atoms with Crippen LogP contribution >= 0.6 is 0 Å². The summed E-state index contributed by atoms with van der Waals surface area (Å²) in [6.07, 6.45) is 1.10. The molecule has 1 aromatic rings. The Morgan fingerprint density at radius 2 is 1.48 bits per heavy atom. The zero-order chi connectivity index (χ0) is 20.6. The van der Waals surface area contributed by atoms with Gasteiger partial charge in [-0.25, -0.2) is 4.39 Å². The predicted molar refractivity (Wildman–Crippen MR) is 99.6 cm³/mol. The van der Waals surface area contributed by atoms with Crippen LogP contribution in [0.4, 0.5) is 4.39 Å². The van der Waals surface area contributed by atoms with Crippen molar-refractivity contribution in [2.45, 2.75) is 52.9 Å². The van der Waals surface area contributed by atoms with Gasteiger partial charge < -0.3 is 9.47 Å². The Kier molecular flexibility index (Phi) is 8.60. The van der Waals surface area contributed by atoms with Crippen molar-refractivity contribution in [3.8, 4) is 0 Å². The summed E-state index contributed by atoms with van der Waals surface area (Å²) in [7, 11) is 0. The number of rotatable bonds is 10. The fourth-order valence-electron chi connectivity index (χ4n) is 2.88. The van der Waals surface area contributed by atoms with Crippen molar-refractivity contribution in [3.63, 3.8) is 0 Å². The van der Waals surface area contributed by atoms with E-state index < -0.39 is 34.9 Å². The van der Waals surface area contributed by atoms with Crippen LogP contribution in [-0.4, -0.2) is 30.9 Å². The normalized spacial score (nSPS) is 13.3. The molecule has 0 heterocycles. The van der Waals surface area contributed by atoms with Gasteiger partial charge in [-0.1, -0.05) is 26.0 Å². The molecule has 1 rings (SSSR count). The van der Waals surface area contributed by atoms with Crippen LogP contribution in [0.25, 0.3) is 0 Å². The summed E-state index contributed by atoms with van der Waals surface area (Å²) in [4.78, 5) is 38.1. The van der Waals surface area contributed by atoms with Crippen LogP contribution in [0.5, 0.6) is 0 Å². The molecular formula is C21H29FO5. The topological polar surface area (TPSA) is 69.7 Å². The highest BCUT2D eigenvalue weighted by atomic mass is 19.1. The minimum absolute atomic E-state index is 0.0429. The van der Waals surface area contributed by atoms with E-state index >= 15 is 0 Å². The van der Waals surface area contributed by atoms with Crippen LogP contribution in [0.1, 0.15) is 53.0 Å². The molecule has 0 N–H and O–H groups in total. The summed E-state index contributed by atoms with van der Waals surface area (Å²) in [5, 5.41) is 0. The first-order chi connectivity index (χ1) is 12.7. The molecule has 1 aromatic carbocycles. The molecule has 0 saturated carbocycles. The zero-order valence-electron chi connectivity index (χ0n) is 16.7. The third kappa shape index (κ3) is 5.88. The maximum absolute atomic E-state index is 13.4. The standard InChI is InChI=1S/C21H29FO5/c1-6-26-19(24)17(20(25)27-7-2)18(23)21(5,13-12-14(3)4)15-8-10-16(22)11-9-15/h8-11,14,17H,6-7,12-13H2,1-5H3/t21-/m0/s1. The Morgan fingerprint density at radius 1 is 1.00 bits per heavy atom. The van der Waals surface area contributed by atoms with Crippen LogP contribution in [0.3, 0.4) is 0 Å². The molecule has 0 radical (unpaired) electrons. The maximum Gasteiger partial charge on any atom is 0.328 e. The van der Waals surface area contributed by atoms with Crippen molar-refractivity contribution in [1.82, 2.24) is 0 Å². The molecule has 6 heteroatoms. The van der Waals surface area contributed by atoms with Crippen molar-refractivity contribution in [2.75, 3.05) is 13.2 Å². The molecular weight excluding hydrogens is 351 g/mol. The lowest BCUT2D eigenvalue weighted by molar-refractivity contribution is -0.165. The molecule has 27 heavy (non-hydrogen) atoms. The monoisotopic (exact) mass is 380 g/mol. The molecule has 0 saturated heterocycles. The Bertz CT molecular complexity index is 635. The summed E-state index contributed by atoms with van der Waals surface area (Å²) in [5.41, 5.74) is -0.601. The Balaban J connectivity index is 3.37. The van der Waals surface area contributed by atoms with E-state index in [0.717, 1.165) is 0 Å². The molecule has 150 valence electrons. The third-order valence-electron chi connectivity index (χ3n) is 4.55. The third-order valence-corrected chi connectivity index (χ3v) is 4.55. The van der Waals surface area contributed by atoms with E-state index in [1.54, 1.807) is 20.8 Å². The van der Waals surface area contributed by atoms with Crippen LogP contribution in [-0.2, 0) is 29.3 Å². The molecule has 0 unspecified atom stereocenters. The van der Waals surface area contributed by atoms with E-state index in [-0.39, 0.29) is 13.2 Å². The first-order valence-corrected chi connectivity index (χ1v) is 9.31. The number of esters is 2. The molecule has 5 nitrogen and oxygen atoms in total. The number of carbonyl (C=O) groups excluding carboxylic acids is 3. The van der Waals surface area contributed by atoms with Gasteiger partial charge in [0.2, 0.25) is 5.92 Å². The van der Waals surface area contributed by atoms with Gasteiger partial charge in [0.15, 0.2) is 5.78 Å². The quantitative estimate of drug-likeness (QED) is 0.456. The zero-order valence-corrected chi connectivity index (χ0v) is 16.7. The maximum atomic E-state index is 13.4. The van der Waals surface area contributed by atoms with Crippen molar-refractivity contribution in [2.24, 2.45) is 11.8 Å². The summed E-state index contributed by atoms with van der Waals surface area (Å²) in [6, 6.07) is 5.56. The van der Waals surface area contributed by atoms with Gasteiger partial charge in [-0.3, -0.25) is 14.4 Å². The number of hydrogen-bond donors (Lipinski definition) is 0. The lowest BCUT2D eigenvalue weighted by Gasteiger charge is -2.32. The van der Waals surface area contributed by atoms with Crippen LogP contribution in [0.15, 0.2) is 24.3 Å². The van der Waals surface area contributed by atoms with Crippen molar-refractivity contribution < 1.29 is 28.2 Å². The van der Waals surface area contributed by atoms with Gasteiger partial charge in [0.1, 0.15) is 5.82 Å². The molecule has 0 amide bonds. The fraction of sp³-hybridized carbons (Fsp3) is 0.571. The van der Waals surface area contributed by atoms with Gasteiger partial charge in [0.05, 0.1) is 18.6 Å². The number of ether oxygens (including phenoxy) is 2. The highest BCUT2D eigenvalue weighted by Gasteiger charge is 2.47. The van der Waals surface area contributed by atoms with Gasteiger partial charge in [-0.15, -0.1) is 0 Å². The summed E-state index contributed by atoms with van der Waals surface area (Å²) >= 11 is 0. The molecule has 0 aliphatic carbocycles. The second-order valence-electron chi connectivity index (χ2n) is 7.07. The SMILES string of the molecule is CCOC(=O)C(C(=O)OCC)C(=O)[C@@](C)(CCC(C)C)c1ccc(F)cc1. The lowest BCUT2D eigenvalue weighted by Crippen LogP contribution is -2.45. The molecule has 0 spiro atoms. The molecule has 0 aliphatic rings. The second-order valence-corrected chi connectivity index (χ2v) is 7.07. The number of Topliss-reactive ketones (excluding diaryl/α,β-unsaturated/α-hetero) is 1. The van der Waals surface area contributed by atoms with E-state index in [4.69, 9.17) is 9.47 Å². The minimum Gasteiger partial charge on any atom is -0.465 e. The number of benzene rings is 1. The predicted octanol–water partition coefficient (Wildman–Crippen LogP) is 3.83. The van der Waals surface area contributed by atoms with Gasteiger partial charge in [-0.05, 0) is 57.2 Å². The Hall–Kier alpha value is -2.24. The van der Waals surface area contributed by atoms with Crippen molar-refractivity contribution >= 4 is 17.7 Å². The molecule has 1 atom stereocenters. The Morgan fingerprint density at radius 3 is 1.89 bits per heavy atom. The number of carbonyl (C=O) groups is 3. The van der Waals surface area contributed by atoms with Crippen molar-refractivity contribution in [1.29, 1.82) is 0 Å². The van der Waals surface area contributed by atoms with Crippen LogP contribution < -0.4 is 0 Å². The van der Waals surface area contributed by atoms with E-state index in [2.05, 4.69) is 0 Å². The van der Waals surface area contributed by atoms with E-state index in [0.29, 0.717) is 24.3 Å². The summed E-state index contributed by atoms with van der Waals surface area (Å²) in [5.74, 6) is -4.21. The molecule has 0 fully saturated rings. The largest absolute Gasteiger partial charge is 0.465 e. The number of ketones is 1. The Labute approximate surface area is 160 Å². The highest BCUT2D eigenvalue weighted by Crippen LogP contribution is 2.35. The average Bonchev–Trinajstić information content (AvgIpc) is 2.60. The smallest absolute Gasteiger partial charge is 0.328 e. The van der Waals surface area contributed by atoms with Gasteiger partial charge >= 0.3 is 11.9 Å². The first-order valence-electron chi connectivity index (χ1n) is 9.31. The van der Waals surface area contributed by atoms with Crippen LogP contribution in [0.2, 0.25) is 0 Å². The van der Waals surface area contributed by atoms with E-state index in [9.17, 15) is 18.8 Å². The van der Waals surface area contributed by atoms with E-state index in [1.807, 2.05) is 13.8 Å². The summed E-state index contributed by atoms with van der Waals surface area (Å²) in [6.45, 7) is 9.00. The fourth-order valence-corrected chi connectivity index (χ4v) is 2.88. The van der Waals surface area contributed by atoms with Crippen molar-refractivity contribution in [3.05, 3.63) is 35.6 Å². The van der Waals surface area contributed by atoms with Gasteiger partial charge in [0, 0.05) is 0 Å². The van der Waals surface area contributed by atoms with Gasteiger partial charge in [0.25, 0.3) is 0 Å². The molecule has 0 bridgehead atoms. The van der Waals surface area contributed by atoms with Gasteiger partial charge in [-0.2, -0.15) is 0 Å². The molecule has 0 aliphatic heterocycles. The highest BCUT2D eigenvalue weighted by molar-refractivity contribution is 6.18. The lowest BCUT2D eigenvalue weighted by atomic mass is 9.70. The molecule has 0 aromatic heterocycles. The van der Waals surface area contributed by atoms with Crippen LogP contribution in [0, 0.1) is 17.7 Å². The average molecular weight is 380 g/mol. The second kappa shape index (κ2) is 10.2. The number of hydrogen-bond acceptors (Lipinski definition) is 5. The van der Waals surface area contributed by atoms with E-state index in [1.165, 1.54) is 24.3 Å².